The van der Waals surface area contributed by atoms with E-state index in [4.69, 9.17) is 21.1 Å². The molecular weight excluding hydrogens is 418 g/mol. The monoisotopic (exact) mass is 443 g/mol. The average Bonchev–Trinajstić information content (AvgIpc) is 3.27. The van der Waals surface area contributed by atoms with Crippen LogP contribution in [0.25, 0.3) is 11.4 Å². The number of tetrazole rings is 1. The first-order chi connectivity index (χ1) is 15.0. The van der Waals surface area contributed by atoms with Gasteiger partial charge in [0.15, 0.2) is 17.5 Å². The van der Waals surface area contributed by atoms with Crippen molar-refractivity contribution in [1.82, 2.24) is 25.1 Å². The fourth-order valence-electron chi connectivity index (χ4n) is 3.26. The third-order valence-electron chi connectivity index (χ3n) is 5.00. The zero-order valence-electron chi connectivity index (χ0n) is 18.1. The molecule has 164 valence electrons. The van der Waals surface area contributed by atoms with Crippen molar-refractivity contribution in [2.75, 3.05) is 20.8 Å². The Labute approximate surface area is 186 Å². The fourth-order valence-corrected chi connectivity index (χ4v) is 3.39. The van der Waals surface area contributed by atoms with E-state index in [1.54, 1.807) is 31.3 Å². The summed E-state index contributed by atoms with van der Waals surface area (Å²) in [7, 11) is 3.18. The van der Waals surface area contributed by atoms with Crippen molar-refractivity contribution in [3.8, 4) is 22.9 Å². The van der Waals surface area contributed by atoms with Gasteiger partial charge in [0.1, 0.15) is 0 Å². The SMILES string of the molecule is CCC(C(=O)N(CC)Cc1ccc(OC)c(OC)c1)n1nnc(-c2ccc(Cl)cc2)n1. The molecule has 8 nitrogen and oxygen atoms in total. The van der Waals surface area contributed by atoms with Crippen LogP contribution in [-0.2, 0) is 11.3 Å². The first-order valence-electron chi connectivity index (χ1n) is 10.1. The van der Waals surface area contributed by atoms with Gasteiger partial charge < -0.3 is 14.4 Å². The highest BCUT2D eigenvalue weighted by molar-refractivity contribution is 6.30. The molecule has 1 amide bonds. The number of hydrogen-bond donors (Lipinski definition) is 0. The number of likely N-dealkylation sites (N-methyl/N-ethyl adjacent to an activating group) is 1. The normalized spacial score (nSPS) is 11.8. The molecule has 0 fully saturated rings. The van der Waals surface area contributed by atoms with Gasteiger partial charge in [0.25, 0.3) is 0 Å². The van der Waals surface area contributed by atoms with Gasteiger partial charge in [0.05, 0.1) is 14.2 Å². The lowest BCUT2D eigenvalue weighted by Crippen LogP contribution is -2.37. The molecule has 1 unspecified atom stereocenters. The van der Waals surface area contributed by atoms with E-state index >= 15 is 0 Å². The number of nitrogens with zero attached hydrogens (tertiary/aromatic N) is 5. The molecule has 0 spiro atoms. The van der Waals surface area contributed by atoms with Crippen molar-refractivity contribution in [2.24, 2.45) is 0 Å². The molecule has 2 aromatic carbocycles. The van der Waals surface area contributed by atoms with Gasteiger partial charge in [-0.2, -0.15) is 4.80 Å². The molecule has 1 heterocycles. The van der Waals surface area contributed by atoms with Gasteiger partial charge in [-0.1, -0.05) is 24.6 Å². The van der Waals surface area contributed by atoms with Crippen LogP contribution in [-0.4, -0.2) is 51.8 Å². The highest BCUT2D eigenvalue weighted by atomic mass is 35.5. The van der Waals surface area contributed by atoms with Crippen molar-refractivity contribution in [3.05, 3.63) is 53.1 Å². The molecule has 1 atom stereocenters. The molecule has 9 heteroatoms. The van der Waals surface area contributed by atoms with E-state index in [1.807, 2.05) is 44.2 Å². The summed E-state index contributed by atoms with van der Waals surface area (Å²) in [6, 6.07) is 12.3. The summed E-state index contributed by atoms with van der Waals surface area (Å²) >= 11 is 5.95. The van der Waals surface area contributed by atoms with E-state index in [0.717, 1.165) is 11.1 Å². The number of carbonyl (C=O) groups is 1. The van der Waals surface area contributed by atoms with Crippen LogP contribution in [0, 0.1) is 0 Å². The topological polar surface area (TPSA) is 82.4 Å². The first kappa shape index (κ1) is 22.6. The lowest BCUT2D eigenvalue weighted by molar-refractivity contribution is -0.136. The van der Waals surface area contributed by atoms with E-state index < -0.39 is 6.04 Å². The third kappa shape index (κ3) is 5.14. The smallest absolute Gasteiger partial charge is 0.249 e. The summed E-state index contributed by atoms with van der Waals surface area (Å²) in [6.07, 6.45) is 0.539. The number of rotatable bonds is 9. The van der Waals surface area contributed by atoms with Crippen LogP contribution >= 0.6 is 11.6 Å². The van der Waals surface area contributed by atoms with Crippen LogP contribution in [0.5, 0.6) is 11.5 Å². The molecule has 3 aromatic rings. The van der Waals surface area contributed by atoms with Gasteiger partial charge in [0, 0.05) is 23.7 Å². The number of aromatic nitrogens is 4. The number of carbonyl (C=O) groups excluding carboxylic acids is 1. The van der Waals surface area contributed by atoms with Crippen molar-refractivity contribution < 1.29 is 14.3 Å². The van der Waals surface area contributed by atoms with Gasteiger partial charge in [-0.25, -0.2) is 0 Å². The summed E-state index contributed by atoms with van der Waals surface area (Å²) in [5, 5.41) is 13.3. The first-order valence-corrected chi connectivity index (χ1v) is 10.4. The number of methoxy groups -OCH3 is 2. The second-order valence-corrected chi connectivity index (χ2v) is 7.34. The molecule has 3 rings (SSSR count). The maximum Gasteiger partial charge on any atom is 0.249 e. The average molecular weight is 444 g/mol. The van der Waals surface area contributed by atoms with Crippen molar-refractivity contribution >= 4 is 17.5 Å². The second kappa shape index (κ2) is 10.3. The Balaban J connectivity index is 1.79. The summed E-state index contributed by atoms with van der Waals surface area (Å²) in [5.74, 6) is 1.65. The maximum atomic E-state index is 13.3. The van der Waals surface area contributed by atoms with Gasteiger partial charge in [0.2, 0.25) is 11.7 Å². The minimum absolute atomic E-state index is 0.0696. The highest BCUT2D eigenvalue weighted by Gasteiger charge is 2.26. The molecule has 0 aliphatic carbocycles. The Morgan fingerprint density at radius 2 is 1.81 bits per heavy atom. The highest BCUT2D eigenvalue weighted by Crippen LogP contribution is 2.28. The van der Waals surface area contributed by atoms with E-state index in [2.05, 4.69) is 15.4 Å². The molecule has 0 aliphatic heterocycles. The quantitative estimate of drug-likeness (QED) is 0.497. The summed E-state index contributed by atoms with van der Waals surface area (Å²) in [4.78, 5) is 16.5. The minimum atomic E-state index is -0.548. The third-order valence-corrected chi connectivity index (χ3v) is 5.25. The molecular formula is C22H26ClN5O3. The zero-order valence-corrected chi connectivity index (χ0v) is 18.8. The van der Waals surface area contributed by atoms with Crippen LogP contribution < -0.4 is 9.47 Å². The summed E-state index contributed by atoms with van der Waals surface area (Å²) < 4.78 is 10.7. The van der Waals surface area contributed by atoms with Crippen LogP contribution in [0.4, 0.5) is 0 Å². The van der Waals surface area contributed by atoms with E-state index in [9.17, 15) is 4.79 Å². The predicted molar refractivity (Wildman–Crippen MR) is 118 cm³/mol. The molecule has 0 saturated carbocycles. The Hall–Kier alpha value is -3.13. The number of amides is 1. The molecule has 0 N–H and O–H groups in total. The van der Waals surface area contributed by atoms with Gasteiger partial charge in [-0.15, -0.1) is 10.2 Å². The number of hydrogen-bond acceptors (Lipinski definition) is 6. The van der Waals surface area contributed by atoms with Crippen LogP contribution in [0.15, 0.2) is 42.5 Å². The molecule has 0 radical (unpaired) electrons. The van der Waals surface area contributed by atoms with Crippen LogP contribution in [0.3, 0.4) is 0 Å². The second-order valence-electron chi connectivity index (χ2n) is 6.91. The van der Waals surface area contributed by atoms with Gasteiger partial charge >= 0.3 is 0 Å². The molecule has 0 aliphatic rings. The van der Waals surface area contributed by atoms with Crippen LogP contribution in [0.2, 0.25) is 5.02 Å². The molecule has 0 saturated heterocycles. The Bertz CT molecular complexity index is 1020. The number of ether oxygens (including phenoxy) is 2. The summed E-state index contributed by atoms with van der Waals surface area (Å²) in [5.41, 5.74) is 1.73. The zero-order chi connectivity index (χ0) is 22.4. The maximum absolute atomic E-state index is 13.3. The lowest BCUT2D eigenvalue weighted by Gasteiger charge is -2.25. The van der Waals surface area contributed by atoms with Crippen molar-refractivity contribution in [3.63, 3.8) is 0 Å². The van der Waals surface area contributed by atoms with E-state index in [1.165, 1.54) is 4.80 Å². The molecule has 1 aromatic heterocycles. The summed E-state index contributed by atoms with van der Waals surface area (Å²) in [6.45, 7) is 4.85. The Morgan fingerprint density at radius 1 is 1.10 bits per heavy atom. The standard InChI is InChI=1S/C22H26ClN5O3/c1-5-18(28-25-21(24-26-28)16-8-10-17(23)11-9-16)22(29)27(6-2)14-15-7-12-19(30-3)20(13-15)31-4/h7-13,18H,5-6,14H2,1-4H3. The fraction of sp³-hybridized carbons (Fsp3) is 0.364. The van der Waals surface area contributed by atoms with Gasteiger partial charge in [-0.3, -0.25) is 4.79 Å². The number of benzene rings is 2. The molecule has 31 heavy (non-hydrogen) atoms. The Morgan fingerprint density at radius 3 is 2.42 bits per heavy atom. The van der Waals surface area contributed by atoms with Crippen molar-refractivity contribution in [2.45, 2.75) is 32.9 Å². The minimum Gasteiger partial charge on any atom is -0.493 e. The lowest BCUT2D eigenvalue weighted by atomic mass is 10.1. The van der Waals surface area contributed by atoms with Crippen LogP contribution in [0.1, 0.15) is 31.9 Å². The van der Waals surface area contributed by atoms with Crippen molar-refractivity contribution in [1.29, 1.82) is 0 Å². The predicted octanol–water partition coefficient (Wildman–Crippen LogP) is 4.01. The number of halogens is 1. The van der Waals surface area contributed by atoms with E-state index in [0.29, 0.717) is 41.9 Å². The largest absolute Gasteiger partial charge is 0.493 e. The molecule has 0 bridgehead atoms. The Kier molecular flexibility index (Phi) is 7.46. The van der Waals surface area contributed by atoms with Gasteiger partial charge in [-0.05, 0) is 60.5 Å². The van der Waals surface area contributed by atoms with E-state index in [-0.39, 0.29) is 5.91 Å².